The largest absolute Gasteiger partial charge is 0.357 e. The molecule has 1 fully saturated rings. The van der Waals surface area contributed by atoms with Crippen molar-refractivity contribution in [2.24, 2.45) is 0 Å². The van der Waals surface area contributed by atoms with Gasteiger partial charge in [0.2, 0.25) is 0 Å². The lowest BCUT2D eigenvalue weighted by Crippen LogP contribution is -2.32. The Bertz CT molecular complexity index is 502. The van der Waals surface area contributed by atoms with E-state index >= 15 is 0 Å². The number of aromatic nitrogens is 1. The highest BCUT2D eigenvalue weighted by Gasteiger charge is 2.20. The molecule has 1 atom stereocenters. The van der Waals surface area contributed by atoms with Crippen molar-refractivity contribution in [2.45, 2.75) is 25.3 Å². The highest BCUT2D eigenvalue weighted by molar-refractivity contribution is 5.80. The average Bonchev–Trinajstić information content (AvgIpc) is 2.84. The lowest BCUT2D eigenvalue weighted by atomic mass is 10.1. The number of likely N-dealkylation sites (tertiary alicyclic amines) is 1. The first-order chi connectivity index (χ1) is 8.88. The van der Waals surface area contributed by atoms with Crippen molar-refractivity contribution >= 4 is 10.9 Å². The molecule has 1 N–H and O–H groups in total. The molecule has 2 nitrogen and oxygen atoms in total. The number of nitrogens with zero attached hydrogens (tertiary/aromatic N) is 1. The number of hydrogen-bond acceptors (Lipinski definition) is 1. The quantitative estimate of drug-likeness (QED) is 0.807. The molecule has 1 aromatic heterocycles. The fraction of sp³-hybridized carbons (Fsp3) is 0.375. The van der Waals surface area contributed by atoms with Gasteiger partial charge in [-0.3, -0.25) is 4.90 Å². The zero-order valence-electron chi connectivity index (χ0n) is 10.7. The van der Waals surface area contributed by atoms with Crippen LogP contribution in [0.2, 0.25) is 0 Å². The number of H-pyrrole nitrogens is 1. The minimum absolute atomic E-state index is 0.331. The van der Waals surface area contributed by atoms with Crippen LogP contribution in [0.25, 0.3) is 10.9 Å². The molecular weight excluding hydrogens is 220 g/mol. The Morgan fingerprint density at radius 3 is 2.67 bits per heavy atom. The van der Waals surface area contributed by atoms with Crippen LogP contribution in [0.15, 0.2) is 43.0 Å². The van der Waals surface area contributed by atoms with Crippen molar-refractivity contribution in [1.29, 1.82) is 0 Å². The number of para-hydroxylation sites is 1. The second-order valence-electron chi connectivity index (χ2n) is 5.09. The van der Waals surface area contributed by atoms with Crippen molar-refractivity contribution in [2.75, 3.05) is 13.1 Å². The van der Waals surface area contributed by atoms with E-state index in [4.69, 9.17) is 0 Å². The molecule has 0 spiro atoms. The number of benzene rings is 1. The maximum Gasteiger partial charge on any atom is 0.0681 e. The maximum absolute atomic E-state index is 4.02. The third kappa shape index (κ3) is 2.08. The molecule has 2 aromatic rings. The number of hydrogen-bond donors (Lipinski definition) is 1. The fourth-order valence-corrected chi connectivity index (χ4v) is 2.92. The Morgan fingerprint density at radius 1 is 1.17 bits per heavy atom. The molecule has 0 saturated carbocycles. The van der Waals surface area contributed by atoms with Crippen molar-refractivity contribution in [3.8, 4) is 0 Å². The topological polar surface area (TPSA) is 19.0 Å². The molecule has 0 aliphatic carbocycles. The van der Waals surface area contributed by atoms with Crippen LogP contribution in [0.5, 0.6) is 0 Å². The molecule has 1 aliphatic heterocycles. The Morgan fingerprint density at radius 2 is 1.94 bits per heavy atom. The highest BCUT2D eigenvalue weighted by atomic mass is 15.2. The normalized spacial score (nSPS) is 18.9. The van der Waals surface area contributed by atoms with Crippen LogP contribution in [0.3, 0.4) is 0 Å². The van der Waals surface area contributed by atoms with Crippen LogP contribution in [0, 0.1) is 0 Å². The van der Waals surface area contributed by atoms with Gasteiger partial charge >= 0.3 is 0 Å². The van der Waals surface area contributed by atoms with Crippen molar-refractivity contribution in [3.63, 3.8) is 0 Å². The second kappa shape index (κ2) is 4.99. The molecule has 94 valence electrons. The van der Waals surface area contributed by atoms with Gasteiger partial charge in [0, 0.05) is 11.2 Å². The summed E-state index contributed by atoms with van der Waals surface area (Å²) in [5, 5.41) is 1.29. The van der Waals surface area contributed by atoms with E-state index in [1.807, 2.05) is 0 Å². The standard InChI is InChI=1S/C16H20N2/c1-2-16(18-10-6-3-7-11-18)15-12-13-8-4-5-9-14(13)17-15/h2,4-5,8-9,12,16-17H,1,3,6-7,10-11H2. The molecule has 1 aromatic carbocycles. The van der Waals surface area contributed by atoms with E-state index in [0.717, 1.165) is 0 Å². The first-order valence-corrected chi connectivity index (χ1v) is 6.83. The summed E-state index contributed by atoms with van der Waals surface area (Å²) in [5.41, 5.74) is 2.49. The fourth-order valence-electron chi connectivity index (χ4n) is 2.92. The Balaban J connectivity index is 1.92. The molecular formula is C16H20N2. The van der Waals surface area contributed by atoms with Crippen molar-refractivity contribution in [1.82, 2.24) is 9.88 Å². The molecule has 1 aliphatic rings. The number of fused-ring (bicyclic) bond motifs is 1. The smallest absolute Gasteiger partial charge is 0.0681 e. The van der Waals surface area contributed by atoms with E-state index < -0.39 is 0 Å². The number of piperidine rings is 1. The van der Waals surface area contributed by atoms with Crippen LogP contribution in [-0.2, 0) is 0 Å². The number of aromatic amines is 1. The second-order valence-corrected chi connectivity index (χ2v) is 5.09. The molecule has 2 heterocycles. The van der Waals surface area contributed by atoms with E-state index in [1.54, 1.807) is 0 Å². The summed E-state index contributed by atoms with van der Waals surface area (Å²) in [6.07, 6.45) is 6.05. The summed E-state index contributed by atoms with van der Waals surface area (Å²) in [4.78, 5) is 6.06. The number of nitrogens with one attached hydrogen (secondary N) is 1. The molecule has 0 bridgehead atoms. The predicted octanol–water partition coefficient (Wildman–Crippen LogP) is 3.88. The molecule has 1 saturated heterocycles. The van der Waals surface area contributed by atoms with E-state index in [1.165, 1.54) is 48.9 Å². The Labute approximate surface area is 108 Å². The van der Waals surface area contributed by atoms with Crippen LogP contribution >= 0.6 is 0 Å². The molecule has 3 rings (SSSR count). The summed E-state index contributed by atoms with van der Waals surface area (Å²) >= 11 is 0. The molecule has 2 heteroatoms. The first kappa shape index (κ1) is 11.5. The SMILES string of the molecule is C=CC(c1cc2ccccc2[nH]1)N1CCCCC1. The van der Waals surface area contributed by atoms with Gasteiger partial charge in [-0.2, -0.15) is 0 Å². The summed E-state index contributed by atoms with van der Waals surface area (Å²) in [6, 6.07) is 11.0. The monoisotopic (exact) mass is 240 g/mol. The van der Waals surface area contributed by atoms with Gasteiger partial charge in [-0.05, 0) is 43.5 Å². The summed E-state index contributed by atoms with van der Waals surface area (Å²) < 4.78 is 0. The van der Waals surface area contributed by atoms with Crippen LogP contribution in [-0.4, -0.2) is 23.0 Å². The van der Waals surface area contributed by atoms with Crippen molar-refractivity contribution < 1.29 is 0 Å². The zero-order chi connectivity index (χ0) is 12.4. The molecule has 0 amide bonds. The zero-order valence-corrected chi connectivity index (χ0v) is 10.7. The highest BCUT2D eigenvalue weighted by Crippen LogP contribution is 2.27. The van der Waals surface area contributed by atoms with E-state index in [-0.39, 0.29) is 0 Å². The lowest BCUT2D eigenvalue weighted by molar-refractivity contribution is 0.190. The van der Waals surface area contributed by atoms with Crippen LogP contribution in [0.1, 0.15) is 31.0 Å². The predicted molar refractivity (Wildman–Crippen MR) is 76.7 cm³/mol. The van der Waals surface area contributed by atoms with Gasteiger partial charge in [-0.25, -0.2) is 0 Å². The molecule has 0 radical (unpaired) electrons. The summed E-state index contributed by atoms with van der Waals surface area (Å²) in [7, 11) is 0. The summed E-state index contributed by atoms with van der Waals surface area (Å²) in [6.45, 7) is 6.39. The van der Waals surface area contributed by atoms with Gasteiger partial charge in [-0.15, -0.1) is 6.58 Å². The van der Waals surface area contributed by atoms with Gasteiger partial charge in [0.1, 0.15) is 0 Å². The van der Waals surface area contributed by atoms with Crippen molar-refractivity contribution in [3.05, 3.63) is 48.7 Å². The lowest BCUT2D eigenvalue weighted by Gasteiger charge is -2.32. The number of rotatable bonds is 3. The van der Waals surface area contributed by atoms with Gasteiger partial charge in [0.05, 0.1) is 6.04 Å². The van der Waals surface area contributed by atoms with Gasteiger partial charge in [-0.1, -0.05) is 30.7 Å². The third-order valence-electron chi connectivity index (χ3n) is 3.88. The van der Waals surface area contributed by atoms with Gasteiger partial charge in [0.25, 0.3) is 0 Å². The maximum atomic E-state index is 4.02. The average molecular weight is 240 g/mol. The Kier molecular flexibility index (Phi) is 3.20. The van der Waals surface area contributed by atoms with E-state index in [2.05, 4.69) is 52.9 Å². The Hall–Kier alpha value is -1.54. The van der Waals surface area contributed by atoms with Gasteiger partial charge < -0.3 is 4.98 Å². The van der Waals surface area contributed by atoms with E-state index in [0.29, 0.717) is 6.04 Å². The minimum atomic E-state index is 0.331. The molecule has 18 heavy (non-hydrogen) atoms. The summed E-state index contributed by atoms with van der Waals surface area (Å²) in [5.74, 6) is 0. The van der Waals surface area contributed by atoms with Crippen LogP contribution < -0.4 is 0 Å². The first-order valence-electron chi connectivity index (χ1n) is 6.83. The van der Waals surface area contributed by atoms with Crippen LogP contribution in [0.4, 0.5) is 0 Å². The van der Waals surface area contributed by atoms with Gasteiger partial charge in [0.15, 0.2) is 0 Å². The third-order valence-corrected chi connectivity index (χ3v) is 3.88. The van der Waals surface area contributed by atoms with E-state index in [9.17, 15) is 0 Å². The minimum Gasteiger partial charge on any atom is -0.357 e. The molecule has 1 unspecified atom stereocenters.